The Bertz CT molecular complexity index is 935. The Morgan fingerprint density at radius 2 is 1.85 bits per heavy atom. The van der Waals surface area contributed by atoms with Gasteiger partial charge in [0.05, 0.1) is 11.9 Å². The van der Waals surface area contributed by atoms with Gasteiger partial charge in [0.2, 0.25) is 0 Å². The second-order valence-electron chi connectivity index (χ2n) is 7.39. The molecule has 2 atom stereocenters. The Balaban J connectivity index is 1.58. The van der Waals surface area contributed by atoms with Gasteiger partial charge < -0.3 is 4.90 Å². The number of aromatic nitrogens is 3. The predicted molar refractivity (Wildman–Crippen MR) is 99.8 cm³/mol. The van der Waals surface area contributed by atoms with E-state index in [1.54, 1.807) is 18.3 Å². The Morgan fingerprint density at radius 1 is 1.04 bits per heavy atom. The van der Waals surface area contributed by atoms with Crippen molar-refractivity contribution in [3.8, 4) is 11.3 Å². The molecule has 2 bridgehead atoms. The maximum atomic E-state index is 13.3. The van der Waals surface area contributed by atoms with Crippen molar-refractivity contribution >= 4 is 11.5 Å². The van der Waals surface area contributed by atoms with Gasteiger partial charge in [0.25, 0.3) is 0 Å². The van der Waals surface area contributed by atoms with E-state index >= 15 is 0 Å². The van der Waals surface area contributed by atoms with Gasteiger partial charge in [-0.3, -0.25) is 4.90 Å². The summed E-state index contributed by atoms with van der Waals surface area (Å²) >= 11 is 0. The van der Waals surface area contributed by atoms with E-state index in [-0.39, 0.29) is 5.82 Å². The Morgan fingerprint density at radius 3 is 2.69 bits per heavy atom. The molecule has 2 aromatic heterocycles. The predicted octanol–water partition coefficient (Wildman–Crippen LogP) is 3.21. The third-order valence-corrected chi connectivity index (χ3v) is 5.95. The second kappa shape index (κ2) is 6.06. The van der Waals surface area contributed by atoms with E-state index in [1.165, 1.54) is 31.4 Å². The highest BCUT2D eigenvalue weighted by Gasteiger charge is 2.35. The fourth-order valence-electron chi connectivity index (χ4n) is 4.41. The SMILES string of the molecule is CN1[C@H]2CC[C@@H]1CN(c1cc(-c3ccc(F)cc3)nc3ccnn13)CC2. The van der Waals surface area contributed by atoms with Crippen molar-refractivity contribution in [3.63, 3.8) is 0 Å². The molecule has 0 saturated carbocycles. The molecule has 0 unspecified atom stereocenters. The van der Waals surface area contributed by atoms with E-state index in [2.05, 4.69) is 28.0 Å². The van der Waals surface area contributed by atoms with E-state index < -0.39 is 0 Å². The molecule has 4 heterocycles. The first kappa shape index (κ1) is 15.8. The van der Waals surface area contributed by atoms with Gasteiger partial charge in [-0.2, -0.15) is 9.61 Å². The van der Waals surface area contributed by atoms with Gasteiger partial charge >= 0.3 is 0 Å². The lowest BCUT2D eigenvalue weighted by atomic mass is 10.1. The van der Waals surface area contributed by atoms with Gasteiger partial charge in [-0.05, 0) is 50.6 Å². The summed E-state index contributed by atoms with van der Waals surface area (Å²) in [5.41, 5.74) is 2.60. The first-order chi connectivity index (χ1) is 12.7. The molecule has 5 nitrogen and oxygen atoms in total. The molecular weight excluding hydrogens is 329 g/mol. The van der Waals surface area contributed by atoms with Gasteiger partial charge in [-0.25, -0.2) is 9.37 Å². The zero-order chi connectivity index (χ0) is 17.7. The van der Waals surface area contributed by atoms with E-state index in [0.717, 1.165) is 35.8 Å². The van der Waals surface area contributed by atoms with Crippen molar-refractivity contribution in [2.75, 3.05) is 25.0 Å². The Kier molecular flexibility index (Phi) is 3.67. The van der Waals surface area contributed by atoms with Crippen LogP contribution in [0.4, 0.5) is 10.2 Å². The Labute approximate surface area is 152 Å². The number of anilines is 1. The van der Waals surface area contributed by atoms with Crippen LogP contribution in [-0.2, 0) is 0 Å². The van der Waals surface area contributed by atoms with Gasteiger partial charge in [0, 0.05) is 42.9 Å². The molecule has 0 aliphatic carbocycles. The molecule has 0 amide bonds. The van der Waals surface area contributed by atoms with Crippen molar-refractivity contribution < 1.29 is 4.39 Å². The van der Waals surface area contributed by atoms with Crippen molar-refractivity contribution in [2.24, 2.45) is 0 Å². The number of hydrogen-bond acceptors (Lipinski definition) is 4. The standard InChI is InChI=1S/C20H22FN5/c1-24-16-6-7-17(24)13-25(11-9-16)20-12-18(14-2-4-15(21)5-3-14)23-19-8-10-22-26(19)20/h2-5,8,10,12,16-17H,6-7,9,11,13H2,1H3/t16-,17+/m0/s1. The van der Waals surface area contributed by atoms with Gasteiger partial charge in [0.15, 0.2) is 5.65 Å². The molecule has 2 saturated heterocycles. The summed E-state index contributed by atoms with van der Waals surface area (Å²) < 4.78 is 15.2. The summed E-state index contributed by atoms with van der Waals surface area (Å²) in [6.45, 7) is 2.03. The minimum absolute atomic E-state index is 0.231. The fourth-order valence-corrected chi connectivity index (χ4v) is 4.41. The monoisotopic (exact) mass is 351 g/mol. The minimum Gasteiger partial charge on any atom is -0.355 e. The Hall–Kier alpha value is -2.47. The lowest BCUT2D eigenvalue weighted by molar-refractivity contribution is 0.254. The number of rotatable bonds is 2. The molecule has 2 aliphatic rings. The zero-order valence-electron chi connectivity index (χ0n) is 14.8. The lowest BCUT2D eigenvalue weighted by Gasteiger charge is -2.28. The third-order valence-electron chi connectivity index (χ3n) is 5.95. The van der Waals surface area contributed by atoms with Gasteiger partial charge in [-0.1, -0.05) is 0 Å². The van der Waals surface area contributed by atoms with Crippen molar-refractivity contribution in [1.29, 1.82) is 0 Å². The number of fused-ring (bicyclic) bond motifs is 3. The molecule has 2 aliphatic heterocycles. The van der Waals surface area contributed by atoms with E-state index in [4.69, 9.17) is 4.98 Å². The van der Waals surface area contributed by atoms with Crippen LogP contribution in [0.15, 0.2) is 42.6 Å². The first-order valence-corrected chi connectivity index (χ1v) is 9.27. The molecule has 0 radical (unpaired) electrons. The second-order valence-corrected chi connectivity index (χ2v) is 7.39. The van der Waals surface area contributed by atoms with E-state index in [0.29, 0.717) is 12.1 Å². The molecule has 26 heavy (non-hydrogen) atoms. The maximum absolute atomic E-state index is 13.3. The zero-order valence-corrected chi connectivity index (χ0v) is 14.8. The van der Waals surface area contributed by atoms with Crippen LogP contribution in [0.5, 0.6) is 0 Å². The average Bonchev–Trinajstić information content (AvgIpc) is 3.19. The molecule has 3 aromatic rings. The topological polar surface area (TPSA) is 36.7 Å². The summed E-state index contributed by atoms with van der Waals surface area (Å²) in [7, 11) is 2.26. The van der Waals surface area contributed by atoms with E-state index in [1.807, 2.05) is 10.6 Å². The van der Waals surface area contributed by atoms with Crippen molar-refractivity contribution in [1.82, 2.24) is 19.5 Å². The number of halogens is 1. The van der Waals surface area contributed by atoms with Crippen LogP contribution in [0.1, 0.15) is 19.3 Å². The normalized spacial score (nSPS) is 23.5. The van der Waals surface area contributed by atoms with Crippen LogP contribution in [0.25, 0.3) is 16.9 Å². The first-order valence-electron chi connectivity index (χ1n) is 9.27. The smallest absolute Gasteiger partial charge is 0.157 e. The summed E-state index contributed by atoms with van der Waals surface area (Å²) in [5, 5.41) is 4.49. The van der Waals surface area contributed by atoms with Crippen molar-refractivity contribution in [3.05, 3.63) is 48.4 Å². The summed E-state index contributed by atoms with van der Waals surface area (Å²) in [6, 6.07) is 11.8. The number of nitrogens with zero attached hydrogens (tertiary/aromatic N) is 5. The average molecular weight is 351 g/mol. The molecule has 134 valence electrons. The quantitative estimate of drug-likeness (QED) is 0.710. The van der Waals surface area contributed by atoms with Crippen LogP contribution in [-0.4, -0.2) is 51.7 Å². The minimum atomic E-state index is -0.231. The molecule has 0 N–H and O–H groups in total. The van der Waals surface area contributed by atoms with Crippen LogP contribution >= 0.6 is 0 Å². The van der Waals surface area contributed by atoms with Gasteiger partial charge in [-0.15, -0.1) is 0 Å². The fraction of sp³-hybridized carbons (Fsp3) is 0.400. The largest absolute Gasteiger partial charge is 0.355 e. The van der Waals surface area contributed by atoms with Crippen LogP contribution < -0.4 is 4.90 Å². The lowest BCUT2D eigenvalue weighted by Crippen LogP contribution is -2.37. The maximum Gasteiger partial charge on any atom is 0.157 e. The van der Waals surface area contributed by atoms with Crippen LogP contribution in [0.2, 0.25) is 0 Å². The summed E-state index contributed by atoms with van der Waals surface area (Å²) in [6.07, 6.45) is 5.53. The highest BCUT2D eigenvalue weighted by Crippen LogP contribution is 2.32. The third kappa shape index (κ3) is 2.56. The van der Waals surface area contributed by atoms with Crippen LogP contribution in [0, 0.1) is 5.82 Å². The number of likely N-dealkylation sites (N-methyl/N-ethyl adjacent to an activating group) is 1. The molecule has 2 fully saturated rings. The summed E-state index contributed by atoms with van der Waals surface area (Å²) in [4.78, 5) is 9.70. The molecular formula is C20H22FN5. The van der Waals surface area contributed by atoms with Gasteiger partial charge in [0.1, 0.15) is 11.6 Å². The summed E-state index contributed by atoms with van der Waals surface area (Å²) in [5.74, 6) is 0.839. The number of hydrogen-bond donors (Lipinski definition) is 0. The van der Waals surface area contributed by atoms with E-state index in [9.17, 15) is 4.39 Å². The molecule has 6 heteroatoms. The highest BCUT2D eigenvalue weighted by molar-refractivity contribution is 5.67. The highest BCUT2D eigenvalue weighted by atomic mass is 19.1. The number of benzene rings is 1. The molecule has 1 aromatic carbocycles. The molecule has 0 spiro atoms. The van der Waals surface area contributed by atoms with Crippen LogP contribution in [0.3, 0.4) is 0 Å². The van der Waals surface area contributed by atoms with Crippen molar-refractivity contribution in [2.45, 2.75) is 31.3 Å². The molecule has 5 rings (SSSR count).